The number of phenols is 1. The molecule has 2 aliphatic rings. The Morgan fingerprint density at radius 3 is 2.79 bits per heavy atom. The zero-order chi connectivity index (χ0) is 17.5. The molecule has 1 aliphatic heterocycles. The van der Waals surface area contributed by atoms with E-state index in [1.165, 1.54) is 18.4 Å². The molecule has 3 rings (SSSR count). The van der Waals surface area contributed by atoms with Gasteiger partial charge in [0, 0.05) is 5.92 Å². The first-order valence-corrected chi connectivity index (χ1v) is 9.29. The fourth-order valence-electron chi connectivity index (χ4n) is 4.74. The molecule has 2 atom stereocenters. The molecule has 0 spiro atoms. The largest absolute Gasteiger partial charge is 0.507 e. The summed E-state index contributed by atoms with van der Waals surface area (Å²) in [5.74, 6) is 1.23. The number of hydrogen-bond donors (Lipinski definition) is 2. The molecule has 24 heavy (non-hydrogen) atoms. The molecule has 1 fully saturated rings. The van der Waals surface area contributed by atoms with E-state index in [2.05, 4.69) is 33.4 Å². The monoisotopic (exact) mass is 329 g/mol. The summed E-state index contributed by atoms with van der Waals surface area (Å²) in [5, 5.41) is 10.8. The maximum absolute atomic E-state index is 10.8. The molecule has 1 saturated carbocycles. The molecule has 3 heteroatoms. The number of nitrogens with two attached hydrogens (primary N) is 1. The van der Waals surface area contributed by atoms with Crippen LogP contribution in [0.15, 0.2) is 24.3 Å². The summed E-state index contributed by atoms with van der Waals surface area (Å²) in [6, 6.07) is 3.98. The van der Waals surface area contributed by atoms with Gasteiger partial charge in [-0.3, -0.25) is 0 Å². The van der Waals surface area contributed by atoms with E-state index >= 15 is 0 Å². The van der Waals surface area contributed by atoms with Crippen LogP contribution in [-0.4, -0.2) is 10.7 Å². The molecule has 132 valence electrons. The molecule has 1 aromatic rings. The molecule has 0 unspecified atom stereocenters. The van der Waals surface area contributed by atoms with Gasteiger partial charge < -0.3 is 15.6 Å². The Kier molecular flexibility index (Phi) is 4.41. The van der Waals surface area contributed by atoms with E-state index in [1.807, 2.05) is 6.07 Å². The molecule has 0 saturated heterocycles. The van der Waals surface area contributed by atoms with E-state index in [0.717, 1.165) is 49.0 Å². The van der Waals surface area contributed by atoms with Crippen LogP contribution in [0.4, 0.5) is 0 Å². The number of fused-ring (bicyclic) bond motifs is 3. The molecule has 0 amide bonds. The van der Waals surface area contributed by atoms with Crippen LogP contribution in [0.1, 0.15) is 70.4 Å². The number of benzene rings is 1. The number of phenolic OH excluding ortho intramolecular Hbond substituents is 1. The summed E-state index contributed by atoms with van der Waals surface area (Å²) in [6.07, 6.45) is 7.15. The Balaban J connectivity index is 2.04. The number of aromatic hydroxyl groups is 1. The van der Waals surface area contributed by atoms with Crippen molar-refractivity contribution in [3.05, 3.63) is 35.4 Å². The van der Waals surface area contributed by atoms with E-state index in [0.29, 0.717) is 0 Å². The summed E-state index contributed by atoms with van der Waals surface area (Å²) in [6.45, 7) is 10.6. The third-order valence-electron chi connectivity index (χ3n) is 5.84. The molecular formula is C21H31NO2. The number of aryl methyl sites for hydroxylation is 1. The van der Waals surface area contributed by atoms with E-state index in [4.69, 9.17) is 10.5 Å². The maximum Gasteiger partial charge on any atom is 0.129 e. The molecular weight excluding hydrogens is 298 g/mol. The van der Waals surface area contributed by atoms with Gasteiger partial charge in [-0.15, -0.1) is 0 Å². The Bertz CT molecular complexity index is 649. The average molecular weight is 329 g/mol. The van der Waals surface area contributed by atoms with E-state index in [-0.39, 0.29) is 17.3 Å². The van der Waals surface area contributed by atoms with Crippen molar-refractivity contribution in [3.8, 4) is 11.5 Å². The van der Waals surface area contributed by atoms with Gasteiger partial charge in [-0.05, 0) is 63.6 Å². The van der Waals surface area contributed by atoms with Crippen molar-refractivity contribution >= 4 is 0 Å². The summed E-state index contributed by atoms with van der Waals surface area (Å²) in [5.41, 5.74) is 9.08. The van der Waals surface area contributed by atoms with E-state index in [1.54, 1.807) is 0 Å². The Labute approximate surface area is 145 Å². The normalized spacial score (nSPS) is 28.0. The summed E-state index contributed by atoms with van der Waals surface area (Å²) in [4.78, 5) is 0. The number of unbranched alkanes of at least 4 members (excludes halogenated alkanes) is 2. The van der Waals surface area contributed by atoms with Crippen molar-refractivity contribution in [1.82, 2.24) is 0 Å². The van der Waals surface area contributed by atoms with Crippen molar-refractivity contribution in [1.29, 1.82) is 0 Å². The highest BCUT2D eigenvalue weighted by Gasteiger charge is 2.54. The van der Waals surface area contributed by atoms with Crippen LogP contribution in [0.5, 0.6) is 11.5 Å². The minimum Gasteiger partial charge on any atom is -0.507 e. The first-order chi connectivity index (χ1) is 11.3. The number of rotatable bonds is 4. The highest BCUT2D eigenvalue weighted by atomic mass is 16.5. The maximum atomic E-state index is 10.8. The van der Waals surface area contributed by atoms with Gasteiger partial charge in [0.1, 0.15) is 17.1 Å². The Morgan fingerprint density at radius 2 is 2.08 bits per heavy atom. The van der Waals surface area contributed by atoms with Gasteiger partial charge in [0.05, 0.1) is 11.1 Å². The van der Waals surface area contributed by atoms with Crippen LogP contribution in [0, 0.1) is 5.92 Å². The van der Waals surface area contributed by atoms with Crippen molar-refractivity contribution in [2.45, 2.75) is 76.9 Å². The molecule has 0 radical (unpaired) electrons. The average Bonchev–Trinajstić information content (AvgIpc) is 2.45. The van der Waals surface area contributed by atoms with E-state index < -0.39 is 5.54 Å². The lowest BCUT2D eigenvalue weighted by Crippen LogP contribution is -2.59. The highest BCUT2D eigenvalue weighted by molar-refractivity contribution is 5.55. The van der Waals surface area contributed by atoms with Crippen molar-refractivity contribution in [2.24, 2.45) is 11.7 Å². The van der Waals surface area contributed by atoms with Crippen molar-refractivity contribution < 1.29 is 9.84 Å². The zero-order valence-electron chi connectivity index (χ0n) is 15.3. The first kappa shape index (κ1) is 17.3. The van der Waals surface area contributed by atoms with Crippen LogP contribution in [-0.2, 0) is 12.0 Å². The number of ether oxygens (including phenoxy) is 1. The third-order valence-corrected chi connectivity index (χ3v) is 5.84. The first-order valence-electron chi connectivity index (χ1n) is 9.29. The van der Waals surface area contributed by atoms with Crippen molar-refractivity contribution in [3.63, 3.8) is 0 Å². The smallest absolute Gasteiger partial charge is 0.129 e. The fraction of sp³-hybridized carbons (Fsp3) is 0.619. The molecule has 3 nitrogen and oxygen atoms in total. The standard InChI is InChI=1S/C21H31NO2/c1-5-6-7-8-15-11-16(23)19-17(12-15)24-20(3,4)18-10-9-14(2)13-21(18,19)22/h11-12,18,23H,2,5-10,13,22H2,1,3-4H3/t18-,21-/m0/s1. The second-order valence-electron chi connectivity index (χ2n) is 8.21. The van der Waals surface area contributed by atoms with E-state index in [9.17, 15) is 5.11 Å². The predicted octanol–water partition coefficient (Wildman–Crippen LogP) is 4.81. The SMILES string of the molecule is C=C1CC[C@H]2C(C)(C)Oc3cc(CCCCC)cc(O)c3[C@]2(N)C1. The number of hydrogen-bond acceptors (Lipinski definition) is 3. The van der Waals surface area contributed by atoms with Gasteiger partial charge in [0.2, 0.25) is 0 Å². The topological polar surface area (TPSA) is 55.5 Å². The minimum absolute atomic E-state index is 0.180. The lowest BCUT2D eigenvalue weighted by molar-refractivity contribution is -0.0361. The van der Waals surface area contributed by atoms with Crippen molar-refractivity contribution in [2.75, 3.05) is 0 Å². The van der Waals surface area contributed by atoms with Gasteiger partial charge >= 0.3 is 0 Å². The molecule has 1 aliphatic carbocycles. The quantitative estimate of drug-likeness (QED) is 0.616. The second kappa shape index (κ2) is 6.11. The van der Waals surface area contributed by atoms with Gasteiger partial charge in [-0.25, -0.2) is 0 Å². The summed E-state index contributed by atoms with van der Waals surface area (Å²) >= 11 is 0. The molecule has 0 bridgehead atoms. The zero-order valence-corrected chi connectivity index (χ0v) is 15.3. The Hall–Kier alpha value is -1.48. The molecule has 0 aromatic heterocycles. The third kappa shape index (κ3) is 2.83. The van der Waals surface area contributed by atoms with Crippen LogP contribution in [0.2, 0.25) is 0 Å². The van der Waals surface area contributed by atoms with Gasteiger partial charge in [-0.2, -0.15) is 0 Å². The molecule has 1 heterocycles. The van der Waals surface area contributed by atoms with Crippen LogP contribution in [0.25, 0.3) is 0 Å². The fourth-order valence-corrected chi connectivity index (χ4v) is 4.74. The highest BCUT2D eigenvalue weighted by Crippen LogP contribution is 2.56. The van der Waals surface area contributed by atoms with Gasteiger partial charge in [0.15, 0.2) is 0 Å². The predicted molar refractivity (Wildman–Crippen MR) is 98.4 cm³/mol. The Morgan fingerprint density at radius 1 is 1.33 bits per heavy atom. The lowest BCUT2D eigenvalue weighted by Gasteiger charge is -2.53. The summed E-state index contributed by atoms with van der Waals surface area (Å²) in [7, 11) is 0. The van der Waals surface area contributed by atoms with Crippen LogP contribution < -0.4 is 10.5 Å². The molecule has 3 N–H and O–H groups in total. The second-order valence-corrected chi connectivity index (χ2v) is 8.21. The molecule has 1 aromatic carbocycles. The van der Waals surface area contributed by atoms with Gasteiger partial charge in [0.25, 0.3) is 0 Å². The van der Waals surface area contributed by atoms with Gasteiger partial charge in [-0.1, -0.05) is 31.9 Å². The lowest BCUT2D eigenvalue weighted by atomic mass is 9.61. The van der Waals surface area contributed by atoms with Crippen LogP contribution >= 0.6 is 0 Å². The minimum atomic E-state index is -0.585. The summed E-state index contributed by atoms with van der Waals surface area (Å²) < 4.78 is 6.35. The van der Waals surface area contributed by atoms with Crippen LogP contribution in [0.3, 0.4) is 0 Å².